The average molecular weight is 433 g/mol. The molecule has 144 valence electrons. The summed E-state index contributed by atoms with van der Waals surface area (Å²) < 4.78 is 1.94. The van der Waals surface area contributed by atoms with Gasteiger partial charge in [-0.3, -0.25) is 9.36 Å². The minimum absolute atomic E-state index is 0.159. The van der Waals surface area contributed by atoms with E-state index in [1.165, 1.54) is 11.8 Å². The average Bonchev–Trinajstić information content (AvgIpc) is 3.06. The zero-order valence-corrected chi connectivity index (χ0v) is 17.5. The van der Waals surface area contributed by atoms with Crippen molar-refractivity contribution in [3.63, 3.8) is 0 Å². The summed E-state index contributed by atoms with van der Waals surface area (Å²) in [6.07, 6.45) is 1.78. The van der Waals surface area contributed by atoms with Gasteiger partial charge in [-0.1, -0.05) is 64.8 Å². The second-order valence-corrected chi connectivity index (χ2v) is 7.82. The maximum absolute atomic E-state index is 12.3. The van der Waals surface area contributed by atoms with Gasteiger partial charge in [-0.2, -0.15) is 0 Å². The summed E-state index contributed by atoms with van der Waals surface area (Å²) in [5, 5.41) is 12.9. The minimum Gasteiger partial charge on any atom is -0.324 e. The Hall–Kier alpha value is -2.28. The van der Waals surface area contributed by atoms with Crippen molar-refractivity contribution in [2.45, 2.75) is 18.6 Å². The fourth-order valence-electron chi connectivity index (χ4n) is 2.60. The second-order valence-electron chi connectivity index (χ2n) is 6.04. The number of hydrogen-bond acceptors (Lipinski definition) is 4. The Kier molecular flexibility index (Phi) is 6.78. The SMILES string of the molecule is C=CCn1c(SCC(=O)Nc2cc(Cl)ccc2Cl)nnc1-c1cccc(C)c1. The third-order valence-corrected chi connectivity index (χ3v) is 5.37. The summed E-state index contributed by atoms with van der Waals surface area (Å²) in [7, 11) is 0. The van der Waals surface area contributed by atoms with Gasteiger partial charge in [0, 0.05) is 17.1 Å². The molecule has 0 radical (unpaired) electrons. The summed E-state index contributed by atoms with van der Waals surface area (Å²) in [6, 6.07) is 13.0. The van der Waals surface area contributed by atoms with Crippen LogP contribution in [0, 0.1) is 6.92 Å². The number of benzene rings is 2. The molecule has 0 atom stereocenters. The van der Waals surface area contributed by atoms with Crippen LogP contribution >= 0.6 is 35.0 Å². The fraction of sp³-hybridized carbons (Fsp3) is 0.150. The maximum atomic E-state index is 12.3. The third-order valence-electron chi connectivity index (χ3n) is 3.84. The number of anilines is 1. The van der Waals surface area contributed by atoms with Crippen molar-refractivity contribution in [1.82, 2.24) is 14.8 Å². The predicted octanol–water partition coefficient (Wildman–Crippen LogP) is 5.48. The van der Waals surface area contributed by atoms with Crippen molar-refractivity contribution in [2.24, 2.45) is 0 Å². The van der Waals surface area contributed by atoms with Gasteiger partial charge < -0.3 is 5.32 Å². The number of halogens is 2. The number of aromatic nitrogens is 3. The number of nitrogens with one attached hydrogen (secondary N) is 1. The highest BCUT2D eigenvalue weighted by atomic mass is 35.5. The molecule has 1 amide bonds. The molecule has 0 aliphatic heterocycles. The van der Waals surface area contributed by atoms with Gasteiger partial charge in [0.25, 0.3) is 0 Å². The molecule has 8 heteroatoms. The minimum atomic E-state index is -0.209. The van der Waals surface area contributed by atoms with Crippen LogP contribution in [0.4, 0.5) is 5.69 Å². The number of thioether (sulfide) groups is 1. The van der Waals surface area contributed by atoms with Crippen molar-refractivity contribution in [1.29, 1.82) is 0 Å². The first-order valence-corrected chi connectivity index (χ1v) is 10.2. The highest BCUT2D eigenvalue weighted by Gasteiger charge is 2.15. The van der Waals surface area contributed by atoms with E-state index in [0.29, 0.717) is 27.4 Å². The van der Waals surface area contributed by atoms with Gasteiger partial charge in [-0.05, 0) is 31.2 Å². The van der Waals surface area contributed by atoms with Crippen molar-refractivity contribution in [3.8, 4) is 11.4 Å². The smallest absolute Gasteiger partial charge is 0.234 e. The predicted molar refractivity (Wildman–Crippen MR) is 116 cm³/mol. The van der Waals surface area contributed by atoms with Crippen molar-refractivity contribution in [2.75, 3.05) is 11.1 Å². The Morgan fingerprint density at radius 3 is 2.82 bits per heavy atom. The van der Waals surface area contributed by atoms with Gasteiger partial charge in [-0.25, -0.2) is 0 Å². The molecular formula is C20H18Cl2N4OS. The van der Waals surface area contributed by atoms with Crippen LogP contribution in [0.3, 0.4) is 0 Å². The Morgan fingerprint density at radius 1 is 1.25 bits per heavy atom. The van der Waals surface area contributed by atoms with Crippen LogP contribution in [-0.2, 0) is 11.3 Å². The molecule has 0 saturated heterocycles. The topological polar surface area (TPSA) is 59.8 Å². The van der Waals surface area contributed by atoms with E-state index in [1.807, 2.05) is 35.8 Å². The van der Waals surface area contributed by atoms with Crippen LogP contribution in [0.1, 0.15) is 5.56 Å². The number of rotatable bonds is 7. The number of hydrogen-bond donors (Lipinski definition) is 1. The highest BCUT2D eigenvalue weighted by molar-refractivity contribution is 7.99. The molecule has 0 fully saturated rings. The quantitative estimate of drug-likeness (QED) is 0.396. The van der Waals surface area contributed by atoms with Crippen LogP contribution in [0.5, 0.6) is 0 Å². The highest BCUT2D eigenvalue weighted by Crippen LogP contribution is 2.27. The molecular weight excluding hydrogens is 415 g/mol. The summed E-state index contributed by atoms with van der Waals surface area (Å²) in [5.41, 5.74) is 2.58. The van der Waals surface area contributed by atoms with Gasteiger partial charge in [0.15, 0.2) is 11.0 Å². The molecule has 0 aliphatic carbocycles. The lowest BCUT2D eigenvalue weighted by atomic mass is 10.1. The molecule has 0 unspecified atom stereocenters. The molecule has 0 bridgehead atoms. The Labute approximate surface area is 177 Å². The zero-order chi connectivity index (χ0) is 20.1. The maximum Gasteiger partial charge on any atom is 0.234 e. The number of allylic oxidation sites excluding steroid dienone is 1. The first-order chi connectivity index (χ1) is 13.5. The lowest BCUT2D eigenvalue weighted by Gasteiger charge is -2.09. The molecule has 28 heavy (non-hydrogen) atoms. The molecule has 2 aromatic carbocycles. The van der Waals surface area contributed by atoms with Gasteiger partial charge in [-0.15, -0.1) is 16.8 Å². The fourth-order valence-corrected chi connectivity index (χ4v) is 3.68. The normalized spacial score (nSPS) is 10.7. The first-order valence-electron chi connectivity index (χ1n) is 8.46. The van der Waals surface area contributed by atoms with E-state index in [4.69, 9.17) is 23.2 Å². The van der Waals surface area contributed by atoms with Crippen LogP contribution in [0.2, 0.25) is 10.0 Å². The van der Waals surface area contributed by atoms with E-state index < -0.39 is 0 Å². The van der Waals surface area contributed by atoms with Crippen molar-refractivity contribution >= 4 is 46.6 Å². The van der Waals surface area contributed by atoms with E-state index in [9.17, 15) is 4.79 Å². The lowest BCUT2D eigenvalue weighted by Crippen LogP contribution is -2.15. The van der Waals surface area contributed by atoms with E-state index in [-0.39, 0.29) is 11.7 Å². The molecule has 0 aliphatic rings. The molecule has 0 spiro atoms. The van der Waals surface area contributed by atoms with Crippen molar-refractivity contribution in [3.05, 3.63) is 70.7 Å². The lowest BCUT2D eigenvalue weighted by molar-refractivity contribution is -0.113. The molecule has 3 aromatic rings. The van der Waals surface area contributed by atoms with E-state index >= 15 is 0 Å². The number of aryl methyl sites for hydroxylation is 1. The summed E-state index contributed by atoms with van der Waals surface area (Å²) in [5.74, 6) is 0.690. The first kappa shape index (κ1) is 20.5. The Morgan fingerprint density at radius 2 is 2.07 bits per heavy atom. The standard InChI is InChI=1S/C20H18Cl2N4OS/c1-3-9-26-19(14-6-4-5-13(2)10-14)24-25-20(26)28-12-18(27)23-17-11-15(21)7-8-16(17)22/h3-8,10-11H,1,9,12H2,2H3,(H,23,27). The largest absolute Gasteiger partial charge is 0.324 e. The van der Waals surface area contributed by atoms with Gasteiger partial charge >= 0.3 is 0 Å². The summed E-state index contributed by atoms with van der Waals surface area (Å²) in [6.45, 7) is 6.37. The summed E-state index contributed by atoms with van der Waals surface area (Å²) >= 11 is 13.3. The molecule has 0 saturated carbocycles. The molecule has 1 heterocycles. The zero-order valence-electron chi connectivity index (χ0n) is 15.2. The van der Waals surface area contributed by atoms with Crippen LogP contribution in [0.15, 0.2) is 60.3 Å². The van der Waals surface area contributed by atoms with E-state index in [2.05, 4.69) is 22.1 Å². The van der Waals surface area contributed by atoms with Crippen molar-refractivity contribution < 1.29 is 4.79 Å². The van der Waals surface area contributed by atoms with Crippen LogP contribution in [-0.4, -0.2) is 26.4 Å². The molecule has 1 N–H and O–H groups in total. The van der Waals surface area contributed by atoms with E-state index in [1.54, 1.807) is 24.3 Å². The van der Waals surface area contributed by atoms with Crippen LogP contribution in [0.25, 0.3) is 11.4 Å². The Bertz CT molecular complexity index is 1020. The number of carbonyl (C=O) groups excluding carboxylic acids is 1. The molecule has 5 nitrogen and oxygen atoms in total. The second kappa shape index (κ2) is 9.28. The van der Waals surface area contributed by atoms with Gasteiger partial charge in [0.1, 0.15) is 0 Å². The Balaban J connectivity index is 1.74. The third kappa shape index (κ3) is 4.95. The number of nitrogens with zero attached hydrogens (tertiary/aromatic N) is 3. The summed E-state index contributed by atoms with van der Waals surface area (Å²) in [4.78, 5) is 12.3. The van der Waals surface area contributed by atoms with Gasteiger partial charge in [0.05, 0.1) is 16.5 Å². The number of amides is 1. The number of carbonyl (C=O) groups is 1. The molecule has 3 rings (SSSR count). The monoisotopic (exact) mass is 432 g/mol. The van der Waals surface area contributed by atoms with Crippen LogP contribution < -0.4 is 5.32 Å². The molecule has 1 aromatic heterocycles. The van der Waals surface area contributed by atoms with Gasteiger partial charge in [0.2, 0.25) is 5.91 Å². The van der Waals surface area contributed by atoms with E-state index in [0.717, 1.165) is 17.0 Å².